The van der Waals surface area contributed by atoms with Crippen LogP contribution in [0.4, 0.5) is 5.69 Å². The average Bonchev–Trinajstić information content (AvgIpc) is 2.81. The molecule has 0 saturated carbocycles. The van der Waals surface area contributed by atoms with E-state index in [0.29, 0.717) is 11.4 Å². The van der Waals surface area contributed by atoms with Crippen LogP contribution >= 0.6 is 0 Å². The second kappa shape index (κ2) is 12.1. The van der Waals surface area contributed by atoms with Crippen molar-refractivity contribution in [3.8, 4) is 5.75 Å². The van der Waals surface area contributed by atoms with Crippen LogP contribution in [0.15, 0.2) is 42.5 Å². The zero-order chi connectivity index (χ0) is 26.3. The molecule has 2 atom stereocenters. The van der Waals surface area contributed by atoms with Gasteiger partial charge in [0.2, 0.25) is 21.8 Å². The number of sulfonamides is 1. The van der Waals surface area contributed by atoms with Crippen molar-refractivity contribution in [1.82, 2.24) is 10.2 Å². The molecule has 2 aromatic carbocycles. The zero-order valence-corrected chi connectivity index (χ0v) is 22.5. The molecule has 2 unspecified atom stereocenters. The van der Waals surface area contributed by atoms with Gasteiger partial charge in [0.25, 0.3) is 0 Å². The summed E-state index contributed by atoms with van der Waals surface area (Å²) in [6.07, 6.45) is 1.83. The topological polar surface area (TPSA) is 96.0 Å². The Morgan fingerprint density at radius 1 is 1.06 bits per heavy atom. The normalized spacial score (nSPS) is 13.0. The van der Waals surface area contributed by atoms with E-state index < -0.39 is 28.5 Å². The third-order valence-electron chi connectivity index (χ3n) is 5.99. The average molecular weight is 504 g/mol. The number of nitrogens with one attached hydrogen (secondary N) is 1. The highest BCUT2D eigenvalue weighted by atomic mass is 32.2. The molecule has 0 bridgehead atoms. The highest BCUT2D eigenvalue weighted by molar-refractivity contribution is 7.92. The van der Waals surface area contributed by atoms with Crippen LogP contribution < -0.4 is 14.4 Å². The van der Waals surface area contributed by atoms with Crippen molar-refractivity contribution < 1.29 is 22.7 Å². The lowest BCUT2D eigenvalue weighted by Crippen LogP contribution is -2.52. The third-order valence-corrected chi connectivity index (χ3v) is 7.12. The molecule has 192 valence electrons. The van der Waals surface area contributed by atoms with Gasteiger partial charge in [-0.25, -0.2) is 8.42 Å². The van der Waals surface area contributed by atoms with E-state index in [1.807, 2.05) is 45.0 Å². The van der Waals surface area contributed by atoms with Crippen molar-refractivity contribution in [3.63, 3.8) is 0 Å². The first-order valence-electron chi connectivity index (χ1n) is 11.6. The Morgan fingerprint density at radius 2 is 1.69 bits per heavy atom. The summed E-state index contributed by atoms with van der Waals surface area (Å²) >= 11 is 0. The lowest BCUT2D eigenvalue weighted by atomic mass is 10.1. The van der Waals surface area contributed by atoms with Crippen molar-refractivity contribution >= 4 is 27.5 Å². The predicted molar refractivity (Wildman–Crippen MR) is 139 cm³/mol. The molecule has 0 spiro atoms. The molecule has 0 aromatic heterocycles. The smallest absolute Gasteiger partial charge is 0.244 e. The van der Waals surface area contributed by atoms with Crippen LogP contribution in [0.25, 0.3) is 0 Å². The van der Waals surface area contributed by atoms with E-state index in [1.54, 1.807) is 39.2 Å². The number of methoxy groups -OCH3 is 1. The summed E-state index contributed by atoms with van der Waals surface area (Å²) in [6, 6.07) is 11.8. The molecule has 2 aromatic rings. The lowest BCUT2D eigenvalue weighted by molar-refractivity contribution is -0.139. The van der Waals surface area contributed by atoms with Crippen LogP contribution in [-0.4, -0.2) is 57.1 Å². The fourth-order valence-corrected chi connectivity index (χ4v) is 4.46. The molecule has 0 aliphatic heterocycles. The Bertz CT molecular complexity index is 1130. The number of nitrogens with zero attached hydrogens (tertiary/aromatic N) is 2. The van der Waals surface area contributed by atoms with Crippen LogP contribution in [0.3, 0.4) is 0 Å². The zero-order valence-electron chi connectivity index (χ0n) is 21.7. The number of amides is 2. The first kappa shape index (κ1) is 28.2. The summed E-state index contributed by atoms with van der Waals surface area (Å²) < 4.78 is 31.8. The third kappa shape index (κ3) is 7.71. The van der Waals surface area contributed by atoms with Crippen molar-refractivity contribution in [1.29, 1.82) is 0 Å². The number of benzene rings is 2. The van der Waals surface area contributed by atoms with Crippen LogP contribution in [0.2, 0.25) is 0 Å². The maximum Gasteiger partial charge on any atom is 0.244 e. The van der Waals surface area contributed by atoms with E-state index in [-0.39, 0.29) is 18.5 Å². The summed E-state index contributed by atoms with van der Waals surface area (Å²) in [5, 5.41) is 2.92. The van der Waals surface area contributed by atoms with Crippen molar-refractivity contribution in [2.75, 3.05) is 24.2 Å². The maximum absolute atomic E-state index is 13.6. The minimum absolute atomic E-state index is 0.0506. The molecule has 0 heterocycles. The van der Waals surface area contributed by atoms with Gasteiger partial charge in [0.1, 0.15) is 18.3 Å². The van der Waals surface area contributed by atoms with E-state index in [1.165, 1.54) is 4.90 Å². The largest absolute Gasteiger partial charge is 0.497 e. The first-order chi connectivity index (χ1) is 16.4. The van der Waals surface area contributed by atoms with Gasteiger partial charge in [-0.05, 0) is 69.0 Å². The molecule has 0 fully saturated rings. The summed E-state index contributed by atoms with van der Waals surface area (Å²) in [7, 11) is -2.20. The highest BCUT2D eigenvalue weighted by Crippen LogP contribution is 2.25. The molecular weight excluding hydrogens is 466 g/mol. The molecule has 0 radical (unpaired) electrons. The second-order valence-corrected chi connectivity index (χ2v) is 10.8. The summed E-state index contributed by atoms with van der Waals surface area (Å²) in [5.41, 5.74) is 2.85. The Morgan fingerprint density at radius 3 is 2.23 bits per heavy atom. The Kier molecular flexibility index (Phi) is 9.71. The van der Waals surface area contributed by atoms with Gasteiger partial charge < -0.3 is 15.0 Å². The van der Waals surface area contributed by atoms with Crippen LogP contribution in [0.1, 0.15) is 43.9 Å². The first-order valence-corrected chi connectivity index (χ1v) is 13.5. The van der Waals surface area contributed by atoms with Gasteiger partial charge in [-0.2, -0.15) is 0 Å². The molecule has 1 N–H and O–H groups in total. The maximum atomic E-state index is 13.6. The molecule has 0 saturated heterocycles. The van der Waals surface area contributed by atoms with Gasteiger partial charge in [0, 0.05) is 12.6 Å². The minimum atomic E-state index is -3.77. The van der Waals surface area contributed by atoms with Gasteiger partial charge in [-0.3, -0.25) is 13.9 Å². The van der Waals surface area contributed by atoms with Gasteiger partial charge in [0.05, 0.1) is 19.1 Å². The quantitative estimate of drug-likeness (QED) is 0.507. The van der Waals surface area contributed by atoms with Crippen LogP contribution in [0.5, 0.6) is 5.75 Å². The fraction of sp³-hybridized carbons (Fsp3) is 0.462. The van der Waals surface area contributed by atoms with E-state index >= 15 is 0 Å². The molecule has 0 aliphatic carbocycles. The minimum Gasteiger partial charge on any atom is -0.497 e. The molecule has 2 amide bonds. The summed E-state index contributed by atoms with van der Waals surface area (Å²) in [5.74, 6) is -0.0924. The lowest BCUT2D eigenvalue weighted by Gasteiger charge is -2.32. The van der Waals surface area contributed by atoms with Crippen molar-refractivity contribution in [2.45, 2.75) is 59.7 Å². The number of aryl methyl sites for hydroxylation is 2. The molecule has 9 heteroatoms. The van der Waals surface area contributed by atoms with Crippen LogP contribution in [0, 0.1) is 13.8 Å². The SMILES string of the molecule is CCC(C)NC(=O)C(C)N(Cc1ccc(OC)cc1)C(=O)CN(c1cc(C)ccc1C)S(C)(=O)=O. The number of ether oxygens (including phenoxy) is 1. The molecule has 2 rings (SSSR count). The number of hydrogen-bond donors (Lipinski definition) is 1. The number of carbonyl (C=O) groups excluding carboxylic acids is 2. The molecule has 35 heavy (non-hydrogen) atoms. The van der Waals surface area contributed by atoms with E-state index in [0.717, 1.165) is 33.7 Å². The van der Waals surface area contributed by atoms with Gasteiger partial charge in [-0.1, -0.05) is 31.2 Å². The summed E-state index contributed by atoms with van der Waals surface area (Å²) in [6.45, 7) is 8.90. The molecule has 8 nitrogen and oxygen atoms in total. The van der Waals surface area contributed by atoms with Gasteiger partial charge >= 0.3 is 0 Å². The Hall–Kier alpha value is -3.07. The Labute approximate surface area is 209 Å². The van der Waals surface area contributed by atoms with Crippen molar-refractivity contribution in [3.05, 3.63) is 59.2 Å². The number of hydrogen-bond acceptors (Lipinski definition) is 5. The number of rotatable bonds is 11. The molecular formula is C26H37N3O5S. The fourth-order valence-electron chi connectivity index (χ4n) is 3.56. The van der Waals surface area contributed by atoms with Crippen LogP contribution in [-0.2, 0) is 26.2 Å². The standard InChI is InChI=1S/C26H37N3O5S/c1-8-20(4)27-26(31)21(5)28(16-22-11-13-23(34-6)14-12-22)25(30)17-29(35(7,32)33)24-15-18(2)9-10-19(24)3/h9-15,20-21H,8,16-17H2,1-7H3,(H,27,31). The molecule has 0 aliphatic rings. The van der Waals surface area contributed by atoms with Gasteiger partial charge in [-0.15, -0.1) is 0 Å². The number of anilines is 1. The van der Waals surface area contributed by atoms with E-state index in [2.05, 4.69) is 5.32 Å². The monoisotopic (exact) mass is 503 g/mol. The van der Waals surface area contributed by atoms with E-state index in [9.17, 15) is 18.0 Å². The summed E-state index contributed by atoms with van der Waals surface area (Å²) in [4.78, 5) is 28.0. The predicted octanol–water partition coefficient (Wildman–Crippen LogP) is 3.41. The van der Waals surface area contributed by atoms with E-state index in [4.69, 9.17) is 4.74 Å². The second-order valence-electron chi connectivity index (χ2n) is 8.92. The Balaban J connectivity index is 2.42. The highest BCUT2D eigenvalue weighted by Gasteiger charge is 2.31. The number of carbonyl (C=O) groups is 2. The van der Waals surface area contributed by atoms with Crippen molar-refractivity contribution in [2.24, 2.45) is 0 Å². The van der Waals surface area contributed by atoms with Gasteiger partial charge in [0.15, 0.2) is 0 Å².